The van der Waals surface area contributed by atoms with Crippen LogP contribution >= 0.6 is 11.6 Å². The number of hydrogen-bond acceptors (Lipinski definition) is 3. The summed E-state index contributed by atoms with van der Waals surface area (Å²) < 4.78 is 27.6. The van der Waals surface area contributed by atoms with Gasteiger partial charge in [-0.1, -0.05) is 29.3 Å². The molecule has 2 aromatic rings. The van der Waals surface area contributed by atoms with Gasteiger partial charge in [0.2, 0.25) is 10.0 Å². The van der Waals surface area contributed by atoms with Crippen LogP contribution in [0, 0.1) is 20.8 Å². The van der Waals surface area contributed by atoms with Gasteiger partial charge in [-0.05, 0) is 56.2 Å². The van der Waals surface area contributed by atoms with Gasteiger partial charge in [0, 0.05) is 36.9 Å². The average Bonchev–Trinajstić information content (AvgIpc) is 2.59. The molecular weight excluding hydrogens is 356 g/mol. The van der Waals surface area contributed by atoms with Crippen LogP contribution in [0.25, 0.3) is 0 Å². The van der Waals surface area contributed by atoms with Gasteiger partial charge in [0.05, 0.1) is 4.90 Å². The summed E-state index contributed by atoms with van der Waals surface area (Å²) in [7, 11) is -3.50. The summed E-state index contributed by atoms with van der Waals surface area (Å²) in [4.78, 5) is 2.59. The zero-order valence-electron chi connectivity index (χ0n) is 14.8. The van der Waals surface area contributed by atoms with Crippen molar-refractivity contribution in [3.05, 3.63) is 58.1 Å². The largest absolute Gasteiger partial charge is 0.369 e. The lowest BCUT2D eigenvalue weighted by Crippen LogP contribution is -2.48. The number of halogens is 1. The molecule has 25 heavy (non-hydrogen) atoms. The summed E-state index contributed by atoms with van der Waals surface area (Å²) in [6.45, 7) is 8.03. The lowest BCUT2D eigenvalue weighted by Gasteiger charge is -2.35. The number of anilines is 1. The minimum Gasteiger partial charge on any atom is -0.369 e. The molecule has 2 aromatic carbocycles. The number of aryl methyl sites for hydroxylation is 3. The number of benzene rings is 2. The molecule has 134 valence electrons. The van der Waals surface area contributed by atoms with Crippen LogP contribution in [-0.2, 0) is 10.0 Å². The van der Waals surface area contributed by atoms with Gasteiger partial charge in [-0.15, -0.1) is 0 Å². The second-order valence-electron chi connectivity index (χ2n) is 6.59. The molecule has 1 aliphatic heterocycles. The fourth-order valence-corrected chi connectivity index (χ4v) is 5.05. The highest BCUT2D eigenvalue weighted by Crippen LogP contribution is 2.27. The molecule has 0 N–H and O–H groups in total. The smallest absolute Gasteiger partial charge is 0.243 e. The molecule has 0 bridgehead atoms. The molecule has 0 aromatic heterocycles. The summed E-state index contributed by atoms with van der Waals surface area (Å²) in [6, 6.07) is 11.8. The lowest BCUT2D eigenvalue weighted by atomic mass is 10.2. The quantitative estimate of drug-likeness (QED) is 0.816. The second-order valence-corrected chi connectivity index (χ2v) is 8.91. The van der Waals surface area contributed by atoms with Crippen LogP contribution < -0.4 is 4.90 Å². The Kier molecular flexibility index (Phi) is 5.09. The molecule has 0 atom stereocenters. The Morgan fingerprint density at radius 3 is 2.08 bits per heavy atom. The van der Waals surface area contributed by atoms with E-state index in [4.69, 9.17) is 11.6 Å². The van der Waals surface area contributed by atoms with Gasteiger partial charge < -0.3 is 4.90 Å². The molecule has 1 heterocycles. The Balaban J connectivity index is 1.78. The highest BCUT2D eigenvalue weighted by atomic mass is 35.5. The van der Waals surface area contributed by atoms with E-state index in [9.17, 15) is 8.42 Å². The van der Waals surface area contributed by atoms with E-state index >= 15 is 0 Å². The van der Waals surface area contributed by atoms with Crippen molar-refractivity contribution in [1.29, 1.82) is 0 Å². The SMILES string of the molecule is Cc1ccc(N2CCN(S(=O)(=O)c3cc(C)c(Cl)cc3C)CC2)cc1. The highest BCUT2D eigenvalue weighted by molar-refractivity contribution is 7.89. The van der Waals surface area contributed by atoms with E-state index in [1.807, 2.05) is 6.92 Å². The highest BCUT2D eigenvalue weighted by Gasteiger charge is 2.30. The van der Waals surface area contributed by atoms with E-state index in [2.05, 4.69) is 36.1 Å². The van der Waals surface area contributed by atoms with E-state index in [-0.39, 0.29) is 0 Å². The molecule has 0 radical (unpaired) electrons. The van der Waals surface area contributed by atoms with Crippen molar-refractivity contribution in [2.24, 2.45) is 0 Å². The molecule has 0 saturated carbocycles. The van der Waals surface area contributed by atoms with Crippen LogP contribution in [0.4, 0.5) is 5.69 Å². The van der Waals surface area contributed by atoms with Crippen molar-refractivity contribution in [1.82, 2.24) is 4.31 Å². The first kappa shape index (κ1) is 18.2. The van der Waals surface area contributed by atoms with Crippen LogP contribution in [-0.4, -0.2) is 38.9 Å². The topological polar surface area (TPSA) is 40.6 Å². The van der Waals surface area contributed by atoms with Crippen molar-refractivity contribution in [2.45, 2.75) is 25.7 Å². The van der Waals surface area contributed by atoms with E-state index in [1.165, 1.54) is 5.56 Å². The Morgan fingerprint density at radius 1 is 0.880 bits per heavy atom. The van der Waals surface area contributed by atoms with Gasteiger partial charge in [-0.25, -0.2) is 8.42 Å². The van der Waals surface area contributed by atoms with Crippen LogP contribution in [0.5, 0.6) is 0 Å². The molecular formula is C19H23ClN2O2S. The second kappa shape index (κ2) is 6.98. The third-order valence-electron chi connectivity index (χ3n) is 4.71. The molecule has 0 aliphatic carbocycles. The molecule has 1 saturated heterocycles. The number of hydrogen-bond donors (Lipinski definition) is 0. The molecule has 0 spiro atoms. The monoisotopic (exact) mass is 378 g/mol. The van der Waals surface area contributed by atoms with Crippen molar-refractivity contribution < 1.29 is 8.42 Å². The Morgan fingerprint density at radius 2 is 1.48 bits per heavy atom. The van der Waals surface area contributed by atoms with Crippen LogP contribution in [0.1, 0.15) is 16.7 Å². The lowest BCUT2D eigenvalue weighted by molar-refractivity contribution is 0.384. The minimum atomic E-state index is -3.50. The summed E-state index contributed by atoms with van der Waals surface area (Å²) in [5, 5.41) is 0.598. The fourth-order valence-electron chi connectivity index (χ4n) is 3.11. The maximum Gasteiger partial charge on any atom is 0.243 e. The molecule has 0 amide bonds. The molecule has 0 unspecified atom stereocenters. The van der Waals surface area contributed by atoms with Crippen LogP contribution in [0.2, 0.25) is 5.02 Å². The Hall–Kier alpha value is -1.56. The molecule has 1 fully saturated rings. The van der Waals surface area contributed by atoms with Gasteiger partial charge in [-0.2, -0.15) is 4.31 Å². The first-order chi connectivity index (χ1) is 11.8. The van der Waals surface area contributed by atoms with Gasteiger partial charge in [0.15, 0.2) is 0 Å². The summed E-state index contributed by atoms with van der Waals surface area (Å²) in [5.41, 5.74) is 3.83. The van der Waals surface area contributed by atoms with Crippen molar-refractivity contribution in [3.63, 3.8) is 0 Å². The summed E-state index contributed by atoms with van der Waals surface area (Å²) in [6.07, 6.45) is 0. The zero-order chi connectivity index (χ0) is 18.2. The van der Waals surface area contributed by atoms with E-state index in [0.29, 0.717) is 41.7 Å². The first-order valence-corrected chi connectivity index (χ1v) is 10.2. The van der Waals surface area contributed by atoms with Gasteiger partial charge in [0.25, 0.3) is 0 Å². The molecule has 1 aliphatic rings. The zero-order valence-corrected chi connectivity index (χ0v) is 16.4. The average molecular weight is 379 g/mol. The fraction of sp³-hybridized carbons (Fsp3) is 0.368. The predicted molar refractivity (Wildman–Crippen MR) is 103 cm³/mol. The van der Waals surface area contributed by atoms with E-state index < -0.39 is 10.0 Å². The van der Waals surface area contributed by atoms with E-state index in [0.717, 1.165) is 11.3 Å². The number of nitrogens with zero attached hydrogens (tertiary/aromatic N) is 2. The van der Waals surface area contributed by atoms with Gasteiger partial charge in [0.1, 0.15) is 0 Å². The molecule has 4 nitrogen and oxygen atoms in total. The van der Waals surface area contributed by atoms with Gasteiger partial charge in [-0.3, -0.25) is 0 Å². The number of piperazine rings is 1. The Bertz CT molecular complexity index is 871. The standard InChI is InChI=1S/C19H23ClN2O2S/c1-14-4-6-17(7-5-14)21-8-10-22(11-9-21)25(23,24)19-13-15(2)18(20)12-16(19)3/h4-7,12-13H,8-11H2,1-3H3. The Labute approximate surface area is 155 Å². The minimum absolute atomic E-state index is 0.359. The number of rotatable bonds is 3. The maximum atomic E-state index is 13.0. The number of sulfonamides is 1. The third-order valence-corrected chi connectivity index (χ3v) is 7.16. The maximum absolute atomic E-state index is 13.0. The molecule has 6 heteroatoms. The normalized spacial score (nSPS) is 16.2. The van der Waals surface area contributed by atoms with Crippen molar-refractivity contribution >= 4 is 27.3 Å². The molecule has 3 rings (SSSR count). The summed E-state index contributed by atoms with van der Waals surface area (Å²) in [5.74, 6) is 0. The van der Waals surface area contributed by atoms with Crippen molar-refractivity contribution in [2.75, 3.05) is 31.1 Å². The van der Waals surface area contributed by atoms with Gasteiger partial charge >= 0.3 is 0 Å². The van der Waals surface area contributed by atoms with Crippen molar-refractivity contribution in [3.8, 4) is 0 Å². The first-order valence-electron chi connectivity index (χ1n) is 8.37. The third kappa shape index (κ3) is 3.68. The van der Waals surface area contributed by atoms with Crippen LogP contribution in [0.15, 0.2) is 41.3 Å². The summed E-state index contributed by atoms with van der Waals surface area (Å²) >= 11 is 6.10. The predicted octanol–water partition coefficient (Wildman–Crippen LogP) is 3.78. The van der Waals surface area contributed by atoms with Crippen LogP contribution in [0.3, 0.4) is 0 Å². The van der Waals surface area contributed by atoms with E-state index in [1.54, 1.807) is 23.4 Å².